The molecule has 0 amide bonds. The molecule has 0 unspecified atom stereocenters. The van der Waals surface area contributed by atoms with Crippen LogP contribution in [-0.2, 0) is 11.3 Å². The number of rotatable bonds is 3. The van der Waals surface area contributed by atoms with E-state index in [1.807, 2.05) is 0 Å². The molecule has 0 saturated carbocycles. The van der Waals surface area contributed by atoms with Crippen molar-refractivity contribution in [3.63, 3.8) is 0 Å². The summed E-state index contributed by atoms with van der Waals surface area (Å²) in [5.41, 5.74) is 0.666. The van der Waals surface area contributed by atoms with E-state index in [4.69, 9.17) is 0 Å². The van der Waals surface area contributed by atoms with Crippen LogP contribution >= 0.6 is 11.8 Å². The number of halogens is 4. The smallest absolute Gasteiger partial charge is 0.361 e. The summed E-state index contributed by atoms with van der Waals surface area (Å²) in [6.07, 6.45) is -2.94. The fourth-order valence-corrected chi connectivity index (χ4v) is 2.72. The van der Waals surface area contributed by atoms with E-state index >= 15 is 0 Å². The fourth-order valence-electron chi connectivity index (χ4n) is 1.67. The summed E-state index contributed by atoms with van der Waals surface area (Å²) >= 11 is 1.19. The van der Waals surface area contributed by atoms with Crippen molar-refractivity contribution in [2.45, 2.75) is 12.7 Å². The minimum absolute atomic E-state index is 0.275. The number of hydrogen-bond donors (Lipinski definition) is 0. The number of hydrogen-bond acceptors (Lipinski definition) is 4. The van der Waals surface area contributed by atoms with Gasteiger partial charge in [0.15, 0.2) is 0 Å². The van der Waals surface area contributed by atoms with Crippen LogP contribution in [0.2, 0.25) is 0 Å². The molecule has 1 fully saturated rings. The number of allylic oxidation sites excluding steroid dienone is 1. The molecule has 20 heavy (non-hydrogen) atoms. The molecule has 2 heterocycles. The Labute approximate surface area is 116 Å². The standard InChI is InChI=1S/C12H10F4N2OS/c13-10-2-1-8(6-17-10)7-18-3-4-20-11(18)5-9(19)12(14,15)16/h1-2,5-6H,3-4,7H2/b11-5+. The number of carbonyl (C=O) groups is 1. The molecule has 0 spiro atoms. The average Bonchev–Trinajstić information content (AvgIpc) is 2.78. The van der Waals surface area contributed by atoms with Crippen molar-refractivity contribution in [1.82, 2.24) is 9.88 Å². The van der Waals surface area contributed by atoms with Gasteiger partial charge in [-0.1, -0.05) is 6.07 Å². The van der Waals surface area contributed by atoms with Crippen molar-refractivity contribution in [2.75, 3.05) is 12.3 Å². The number of ketones is 1. The maximum Gasteiger partial charge on any atom is 0.454 e. The SMILES string of the molecule is O=C(/C=C1/SCCN1Cc1ccc(F)nc1)C(F)(F)F. The molecule has 1 aromatic heterocycles. The van der Waals surface area contributed by atoms with Gasteiger partial charge < -0.3 is 4.90 Å². The van der Waals surface area contributed by atoms with Crippen molar-refractivity contribution in [1.29, 1.82) is 0 Å². The van der Waals surface area contributed by atoms with Crippen LogP contribution in [0.25, 0.3) is 0 Å². The first-order valence-electron chi connectivity index (χ1n) is 5.67. The fraction of sp³-hybridized carbons (Fsp3) is 0.333. The van der Waals surface area contributed by atoms with Gasteiger partial charge in [0.2, 0.25) is 5.95 Å². The summed E-state index contributed by atoms with van der Waals surface area (Å²) in [5.74, 6) is -1.89. The van der Waals surface area contributed by atoms with Crippen molar-refractivity contribution in [3.05, 3.63) is 40.9 Å². The lowest BCUT2D eigenvalue weighted by Crippen LogP contribution is -2.23. The Bertz CT molecular complexity index is 527. The van der Waals surface area contributed by atoms with E-state index in [1.165, 1.54) is 30.1 Å². The third-order valence-electron chi connectivity index (χ3n) is 2.62. The first-order chi connectivity index (χ1) is 9.36. The molecule has 1 aromatic rings. The van der Waals surface area contributed by atoms with Gasteiger partial charge in [0.05, 0.1) is 5.03 Å². The predicted molar refractivity (Wildman–Crippen MR) is 66.2 cm³/mol. The van der Waals surface area contributed by atoms with Crippen LogP contribution in [0.3, 0.4) is 0 Å². The molecular weight excluding hydrogens is 296 g/mol. The Morgan fingerprint density at radius 2 is 2.20 bits per heavy atom. The Kier molecular flexibility index (Phi) is 4.32. The van der Waals surface area contributed by atoms with Crippen molar-refractivity contribution >= 4 is 17.5 Å². The lowest BCUT2D eigenvalue weighted by atomic mass is 10.2. The molecule has 8 heteroatoms. The zero-order valence-corrected chi connectivity index (χ0v) is 11.0. The summed E-state index contributed by atoms with van der Waals surface area (Å²) in [4.78, 5) is 16.1. The molecule has 0 atom stereocenters. The van der Waals surface area contributed by atoms with E-state index in [0.29, 0.717) is 23.9 Å². The van der Waals surface area contributed by atoms with E-state index in [1.54, 1.807) is 4.90 Å². The van der Waals surface area contributed by atoms with E-state index in [0.717, 1.165) is 0 Å². The molecule has 1 aliphatic heterocycles. The molecule has 3 nitrogen and oxygen atoms in total. The summed E-state index contributed by atoms with van der Waals surface area (Å²) in [7, 11) is 0. The molecule has 0 aromatic carbocycles. The first kappa shape index (κ1) is 14.8. The zero-order chi connectivity index (χ0) is 14.8. The molecular formula is C12H10F4N2OS. The Morgan fingerprint density at radius 1 is 1.45 bits per heavy atom. The molecule has 0 radical (unpaired) electrons. The highest BCUT2D eigenvalue weighted by molar-refractivity contribution is 8.03. The van der Waals surface area contributed by atoms with Crippen molar-refractivity contribution in [2.24, 2.45) is 0 Å². The van der Waals surface area contributed by atoms with Crippen LogP contribution in [0.15, 0.2) is 29.4 Å². The second-order valence-electron chi connectivity index (χ2n) is 4.10. The van der Waals surface area contributed by atoms with E-state index in [9.17, 15) is 22.4 Å². The van der Waals surface area contributed by atoms with Crippen LogP contribution in [0.1, 0.15) is 5.56 Å². The monoisotopic (exact) mass is 306 g/mol. The second kappa shape index (κ2) is 5.82. The van der Waals surface area contributed by atoms with Gasteiger partial charge in [0.1, 0.15) is 0 Å². The lowest BCUT2D eigenvalue weighted by Gasteiger charge is -2.18. The second-order valence-corrected chi connectivity index (χ2v) is 5.22. The van der Waals surface area contributed by atoms with E-state index in [-0.39, 0.29) is 11.6 Å². The highest BCUT2D eigenvalue weighted by atomic mass is 32.2. The number of pyridine rings is 1. The topological polar surface area (TPSA) is 33.2 Å². The highest BCUT2D eigenvalue weighted by Gasteiger charge is 2.37. The molecule has 1 aliphatic rings. The van der Waals surface area contributed by atoms with Gasteiger partial charge in [-0.05, 0) is 11.6 Å². The maximum atomic E-state index is 12.7. The third-order valence-corrected chi connectivity index (χ3v) is 3.68. The minimum Gasteiger partial charge on any atom is -0.361 e. The van der Waals surface area contributed by atoms with Crippen LogP contribution in [0.4, 0.5) is 17.6 Å². The largest absolute Gasteiger partial charge is 0.454 e. The Balaban J connectivity index is 2.09. The zero-order valence-electron chi connectivity index (χ0n) is 10.2. The van der Waals surface area contributed by atoms with Crippen molar-refractivity contribution in [3.8, 4) is 0 Å². The van der Waals surface area contributed by atoms with Gasteiger partial charge in [-0.3, -0.25) is 4.79 Å². The Hall–Kier alpha value is -1.57. The number of nitrogens with zero attached hydrogens (tertiary/aromatic N) is 2. The van der Waals surface area contributed by atoms with Gasteiger partial charge in [-0.15, -0.1) is 11.8 Å². The summed E-state index contributed by atoms with van der Waals surface area (Å²) in [6, 6.07) is 2.69. The van der Waals surface area contributed by atoms with Crippen LogP contribution in [-0.4, -0.2) is 34.1 Å². The van der Waals surface area contributed by atoms with Crippen molar-refractivity contribution < 1.29 is 22.4 Å². The molecule has 108 valence electrons. The molecule has 1 saturated heterocycles. The van der Waals surface area contributed by atoms with Crippen LogP contribution in [0.5, 0.6) is 0 Å². The van der Waals surface area contributed by atoms with Gasteiger partial charge in [0, 0.05) is 31.1 Å². The number of aromatic nitrogens is 1. The Morgan fingerprint density at radius 3 is 2.80 bits per heavy atom. The van der Waals surface area contributed by atoms with Crippen LogP contribution in [0, 0.1) is 5.95 Å². The van der Waals surface area contributed by atoms with Gasteiger partial charge in [-0.25, -0.2) is 4.98 Å². The normalized spacial score (nSPS) is 17.8. The minimum atomic E-state index is -4.86. The third kappa shape index (κ3) is 3.72. The first-order valence-corrected chi connectivity index (χ1v) is 6.66. The predicted octanol–water partition coefficient (Wildman–Crippen LogP) is 2.74. The average molecular weight is 306 g/mol. The molecule has 2 rings (SSSR count). The number of thioether (sulfide) groups is 1. The summed E-state index contributed by atoms with van der Waals surface area (Å²) in [5, 5.41) is 0.275. The van der Waals surface area contributed by atoms with Gasteiger partial charge in [-0.2, -0.15) is 17.6 Å². The number of carbonyl (C=O) groups excluding carboxylic acids is 1. The molecule has 0 aliphatic carbocycles. The highest BCUT2D eigenvalue weighted by Crippen LogP contribution is 2.30. The summed E-state index contributed by atoms with van der Waals surface area (Å²) < 4.78 is 49.4. The lowest BCUT2D eigenvalue weighted by molar-refractivity contribution is -0.165. The quantitative estimate of drug-likeness (QED) is 0.488. The molecule has 0 N–H and O–H groups in total. The summed E-state index contributed by atoms with van der Waals surface area (Å²) in [6.45, 7) is 0.816. The number of alkyl halides is 3. The maximum absolute atomic E-state index is 12.7. The van der Waals surface area contributed by atoms with Crippen LogP contribution < -0.4 is 0 Å². The van der Waals surface area contributed by atoms with Gasteiger partial charge >= 0.3 is 6.18 Å². The van der Waals surface area contributed by atoms with E-state index in [2.05, 4.69) is 4.98 Å². The van der Waals surface area contributed by atoms with Gasteiger partial charge in [0.25, 0.3) is 5.78 Å². The molecule has 0 bridgehead atoms. The van der Waals surface area contributed by atoms with E-state index < -0.39 is 17.9 Å².